The fourth-order valence-electron chi connectivity index (χ4n) is 3.38. The van der Waals surface area contributed by atoms with Crippen molar-refractivity contribution in [3.8, 4) is 28.7 Å². The van der Waals surface area contributed by atoms with Crippen molar-refractivity contribution in [3.63, 3.8) is 0 Å². The number of nitrogens with zero attached hydrogens (tertiary/aromatic N) is 4. The lowest BCUT2D eigenvalue weighted by Crippen LogP contribution is -2.38. The van der Waals surface area contributed by atoms with Crippen LogP contribution in [0.25, 0.3) is 11.1 Å². The molecule has 0 spiro atoms. The summed E-state index contributed by atoms with van der Waals surface area (Å²) in [4.78, 5) is 18.4. The molecule has 1 aliphatic rings. The quantitative estimate of drug-likeness (QED) is 0.674. The third-order valence-electron chi connectivity index (χ3n) is 4.80. The van der Waals surface area contributed by atoms with Gasteiger partial charge in [0.25, 0.3) is 5.91 Å². The largest absolute Gasteiger partial charge is 0.496 e. The topological polar surface area (TPSA) is 101 Å². The number of rotatable bonds is 4. The summed E-state index contributed by atoms with van der Waals surface area (Å²) in [5, 5.41) is 12.9. The minimum atomic E-state index is -0.184. The van der Waals surface area contributed by atoms with Gasteiger partial charge in [-0.1, -0.05) is 5.16 Å². The molecule has 0 atom stereocenters. The zero-order valence-corrected chi connectivity index (χ0v) is 16.2. The molecule has 0 bridgehead atoms. The molecule has 1 amide bonds. The molecule has 0 N–H and O–H groups in total. The minimum Gasteiger partial charge on any atom is -0.496 e. The first-order valence-corrected chi connectivity index (χ1v) is 8.95. The van der Waals surface area contributed by atoms with E-state index in [2.05, 4.69) is 10.1 Å². The fraction of sp³-hybridized carbons (Fsp3) is 0.238. The van der Waals surface area contributed by atoms with Gasteiger partial charge in [-0.2, -0.15) is 5.26 Å². The Balaban J connectivity index is 1.77. The van der Waals surface area contributed by atoms with Crippen LogP contribution in [0.2, 0.25) is 0 Å². The van der Waals surface area contributed by atoms with Crippen LogP contribution in [-0.4, -0.2) is 29.8 Å². The van der Waals surface area contributed by atoms with E-state index >= 15 is 0 Å². The predicted octanol–water partition coefficient (Wildman–Crippen LogP) is 3.16. The first-order valence-electron chi connectivity index (χ1n) is 8.95. The molecule has 0 fully saturated rings. The van der Waals surface area contributed by atoms with E-state index in [9.17, 15) is 4.79 Å². The number of aromatic nitrogens is 2. The van der Waals surface area contributed by atoms with Crippen LogP contribution in [0.3, 0.4) is 0 Å². The molecule has 1 aromatic carbocycles. The molecule has 0 saturated heterocycles. The van der Waals surface area contributed by atoms with Crippen molar-refractivity contribution >= 4 is 11.6 Å². The van der Waals surface area contributed by atoms with Crippen molar-refractivity contribution in [2.45, 2.75) is 20.4 Å². The molecule has 0 radical (unpaired) electrons. The number of hydrogen-bond acceptors (Lipinski definition) is 7. The van der Waals surface area contributed by atoms with Gasteiger partial charge in [0.1, 0.15) is 23.3 Å². The van der Waals surface area contributed by atoms with Crippen molar-refractivity contribution in [3.05, 3.63) is 53.2 Å². The second-order valence-electron chi connectivity index (χ2n) is 6.64. The van der Waals surface area contributed by atoms with Crippen LogP contribution in [0.5, 0.6) is 11.5 Å². The average molecular weight is 390 g/mol. The molecule has 29 heavy (non-hydrogen) atoms. The van der Waals surface area contributed by atoms with Crippen molar-refractivity contribution in [2.75, 3.05) is 18.6 Å². The molecule has 8 nitrogen and oxygen atoms in total. The number of carbonyl (C=O) groups is 1. The number of fused-ring (bicyclic) bond motifs is 1. The second-order valence-corrected chi connectivity index (χ2v) is 6.64. The van der Waals surface area contributed by atoms with Crippen LogP contribution >= 0.6 is 0 Å². The number of benzene rings is 1. The molecule has 146 valence electrons. The predicted molar refractivity (Wildman–Crippen MR) is 104 cm³/mol. The molecule has 2 aromatic heterocycles. The van der Waals surface area contributed by atoms with Crippen molar-refractivity contribution < 1.29 is 18.8 Å². The summed E-state index contributed by atoms with van der Waals surface area (Å²) in [6.45, 7) is 3.88. The van der Waals surface area contributed by atoms with E-state index in [0.717, 1.165) is 16.8 Å². The number of hydrogen-bond donors (Lipinski definition) is 0. The third kappa shape index (κ3) is 3.27. The zero-order valence-electron chi connectivity index (χ0n) is 16.2. The summed E-state index contributed by atoms with van der Waals surface area (Å²) in [6, 6.07) is 9.06. The fourth-order valence-corrected chi connectivity index (χ4v) is 3.38. The molecule has 3 aromatic rings. The normalized spacial score (nSPS) is 12.9. The maximum atomic E-state index is 12.6. The van der Waals surface area contributed by atoms with Gasteiger partial charge in [-0.3, -0.25) is 14.7 Å². The van der Waals surface area contributed by atoms with Gasteiger partial charge < -0.3 is 14.0 Å². The van der Waals surface area contributed by atoms with Crippen LogP contribution in [0.1, 0.15) is 22.7 Å². The van der Waals surface area contributed by atoms with E-state index in [1.807, 2.05) is 26.0 Å². The highest BCUT2D eigenvalue weighted by Gasteiger charge is 2.29. The molecular formula is C21H18N4O4. The zero-order chi connectivity index (χ0) is 20.5. The molecule has 8 heteroatoms. The maximum Gasteiger partial charge on any atom is 0.265 e. The summed E-state index contributed by atoms with van der Waals surface area (Å²) in [5.74, 6) is 1.63. The highest BCUT2D eigenvalue weighted by Crippen LogP contribution is 2.44. The Kier molecular flexibility index (Phi) is 4.64. The SMILES string of the molecule is COc1cc2c(cc1-c1c(C)noc1C)OCC(=O)N2Cc1ccc(C#N)cn1. The Morgan fingerprint density at radius 2 is 2.14 bits per heavy atom. The van der Waals surface area contributed by atoms with Crippen LogP contribution in [0, 0.1) is 25.2 Å². The molecule has 1 aliphatic heterocycles. The number of ether oxygens (including phenoxy) is 2. The second kappa shape index (κ2) is 7.28. The van der Waals surface area contributed by atoms with E-state index < -0.39 is 0 Å². The third-order valence-corrected chi connectivity index (χ3v) is 4.80. The number of anilines is 1. The number of nitriles is 1. The lowest BCUT2D eigenvalue weighted by Gasteiger charge is -2.30. The first-order chi connectivity index (χ1) is 14.0. The monoisotopic (exact) mass is 390 g/mol. The average Bonchev–Trinajstić information content (AvgIpc) is 3.07. The Bertz CT molecular complexity index is 1110. The molecule has 0 unspecified atom stereocenters. The summed E-state index contributed by atoms with van der Waals surface area (Å²) in [7, 11) is 1.57. The van der Waals surface area contributed by atoms with Gasteiger partial charge >= 0.3 is 0 Å². The maximum absolute atomic E-state index is 12.6. The van der Waals surface area contributed by atoms with Crippen LogP contribution in [0.4, 0.5) is 5.69 Å². The van der Waals surface area contributed by atoms with E-state index in [1.54, 1.807) is 30.2 Å². The van der Waals surface area contributed by atoms with Crippen LogP contribution < -0.4 is 14.4 Å². The Hall–Kier alpha value is -3.86. The van der Waals surface area contributed by atoms with Crippen molar-refractivity contribution in [2.24, 2.45) is 0 Å². The van der Waals surface area contributed by atoms with Crippen molar-refractivity contribution in [1.82, 2.24) is 10.1 Å². The summed E-state index contributed by atoms with van der Waals surface area (Å²) >= 11 is 0. The molecule has 0 saturated carbocycles. The van der Waals surface area contributed by atoms with E-state index in [1.165, 1.54) is 6.20 Å². The molecule has 3 heterocycles. The smallest absolute Gasteiger partial charge is 0.265 e. The molecule has 0 aliphatic carbocycles. The summed E-state index contributed by atoms with van der Waals surface area (Å²) in [6.07, 6.45) is 1.49. The van der Waals surface area contributed by atoms with E-state index in [0.29, 0.717) is 34.2 Å². The highest BCUT2D eigenvalue weighted by molar-refractivity contribution is 5.99. The number of carbonyl (C=O) groups excluding carboxylic acids is 1. The first kappa shape index (κ1) is 18.5. The van der Waals surface area contributed by atoms with Crippen molar-refractivity contribution in [1.29, 1.82) is 5.26 Å². The Labute approximate surface area is 167 Å². The van der Waals surface area contributed by atoms with E-state index in [4.69, 9.17) is 19.3 Å². The number of methoxy groups -OCH3 is 1. The number of amides is 1. The van der Waals surface area contributed by atoms with Gasteiger partial charge in [0, 0.05) is 17.8 Å². The van der Waals surface area contributed by atoms with Gasteiger partial charge in [-0.25, -0.2) is 0 Å². The molecule has 4 rings (SSSR count). The van der Waals surface area contributed by atoms with Crippen LogP contribution in [0.15, 0.2) is 35.0 Å². The lowest BCUT2D eigenvalue weighted by molar-refractivity contribution is -0.121. The lowest BCUT2D eigenvalue weighted by atomic mass is 10.0. The number of aryl methyl sites for hydroxylation is 2. The van der Waals surface area contributed by atoms with Gasteiger partial charge in [-0.15, -0.1) is 0 Å². The van der Waals surface area contributed by atoms with Gasteiger partial charge in [0.05, 0.1) is 41.9 Å². The minimum absolute atomic E-state index is 0.0728. The standard InChI is InChI=1S/C21H18N4O4/c1-12-21(13(2)29-24-12)16-6-19-17(7-18(16)27-3)25(20(26)11-28-19)10-15-5-4-14(8-22)9-23-15/h4-7,9H,10-11H2,1-3H3. The Morgan fingerprint density at radius 3 is 2.76 bits per heavy atom. The van der Waals surface area contributed by atoms with Crippen LogP contribution in [-0.2, 0) is 11.3 Å². The van der Waals surface area contributed by atoms with Gasteiger partial charge in [0.2, 0.25) is 0 Å². The van der Waals surface area contributed by atoms with Gasteiger partial charge in [-0.05, 0) is 32.0 Å². The highest BCUT2D eigenvalue weighted by atomic mass is 16.5. The number of pyridine rings is 1. The Morgan fingerprint density at radius 1 is 1.31 bits per heavy atom. The summed E-state index contributed by atoms with van der Waals surface area (Å²) < 4.78 is 16.6. The molecular weight excluding hydrogens is 372 g/mol. The van der Waals surface area contributed by atoms with Gasteiger partial charge in [0.15, 0.2) is 6.61 Å². The summed E-state index contributed by atoms with van der Waals surface area (Å²) in [5.41, 5.74) is 4.09. The van der Waals surface area contributed by atoms with E-state index in [-0.39, 0.29) is 19.1 Å².